The molecule has 3 aromatic heterocycles. The van der Waals surface area contributed by atoms with Gasteiger partial charge >= 0.3 is 0 Å². The molecule has 0 spiro atoms. The van der Waals surface area contributed by atoms with E-state index in [-0.39, 0.29) is 0 Å². The Morgan fingerprint density at radius 1 is 1.12 bits per heavy atom. The molecular formula is C20H17N6. The number of aryl methyl sites for hydroxylation is 1. The number of nitrogens with zero attached hydrogens (tertiary/aromatic N) is 5. The van der Waals surface area contributed by atoms with E-state index in [0.29, 0.717) is 5.95 Å². The molecule has 0 saturated carbocycles. The van der Waals surface area contributed by atoms with E-state index in [0.717, 1.165) is 34.7 Å². The van der Waals surface area contributed by atoms with Crippen molar-refractivity contribution in [2.75, 3.05) is 5.32 Å². The Bertz CT molecular complexity index is 995. The number of aromatic nitrogens is 5. The van der Waals surface area contributed by atoms with Crippen molar-refractivity contribution in [3.8, 4) is 22.5 Å². The maximum atomic E-state index is 4.68. The lowest BCUT2D eigenvalue weighted by molar-refractivity contribution is 0.662. The molecule has 0 bridgehead atoms. The number of benzene rings is 1. The average Bonchev–Trinajstić information content (AvgIpc) is 3.14. The van der Waals surface area contributed by atoms with E-state index in [1.807, 2.05) is 59.5 Å². The van der Waals surface area contributed by atoms with E-state index in [9.17, 15) is 0 Å². The molecule has 3 heterocycles. The largest absolute Gasteiger partial charge is 0.324 e. The van der Waals surface area contributed by atoms with Gasteiger partial charge in [0.1, 0.15) is 5.69 Å². The lowest BCUT2D eigenvalue weighted by Crippen LogP contribution is -1.97. The van der Waals surface area contributed by atoms with Crippen LogP contribution in [0.4, 0.5) is 11.6 Å². The van der Waals surface area contributed by atoms with Crippen LogP contribution in [0.5, 0.6) is 0 Å². The van der Waals surface area contributed by atoms with Crippen molar-refractivity contribution in [2.45, 2.75) is 13.5 Å². The molecular weight excluding hydrogens is 324 g/mol. The minimum Gasteiger partial charge on any atom is -0.324 e. The van der Waals surface area contributed by atoms with E-state index in [1.54, 1.807) is 12.4 Å². The molecule has 0 fully saturated rings. The summed E-state index contributed by atoms with van der Waals surface area (Å²) >= 11 is 0. The number of nitrogens with one attached hydrogen (secondary N) is 1. The van der Waals surface area contributed by atoms with Gasteiger partial charge in [-0.05, 0) is 43.3 Å². The second-order valence-electron chi connectivity index (χ2n) is 5.67. The third-order valence-corrected chi connectivity index (χ3v) is 3.93. The number of hydrogen-bond donors (Lipinski definition) is 1. The summed E-state index contributed by atoms with van der Waals surface area (Å²) in [5.41, 5.74) is 4.49. The monoisotopic (exact) mass is 341 g/mol. The minimum absolute atomic E-state index is 0.537. The summed E-state index contributed by atoms with van der Waals surface area (Å²) in [7, 11) is 0. The van der Waals surface area contributed by atoms with E-state index >= 15 is 0 Å². The topological polar surface area (TPSA) is 68.5 Å². The van der Waals surface area contributed by atoms with Crippen LogP contribution in [-0.2, 0) is 6.54 Å². The van der Waals surface area contributed by atoms with Crippen LogP contribution in [0.25, 0.3) is 22.5 Å². The van der Waals surface area contributed by atoms with Gasteiger partial charge in [0.25, 0.3) is 0 Å². The van der Waals surface area contributed by atoms with Crippen molar-refractivity contribution < 1.29 is 0 Å². The van der Waals surface area contributed by atoms with Gasteiger partial charge in [0.2, 0.25) is 5.95 Å². The van der Waals surface area contributed by atoms with Gasteiger partial charge in [0.15, 0.2) is 0 Å². The Morgan fingerprint density at radius 3 is 2.77 bits per heavy atom. The Morgan fingerprint density at radius 2 is 2.00 bits per heavy atom. The van der Waals surface area contributed by atoms with Crippen molar-refractivity contribution in [1.82, 2.24) is 24.7 Å². The van der Waals surface area contributed by atoms with Crippen molar-refractivity contribution in [2.24, 2.45) is 0 Å². The van der Waals surface area contributed by atoms with Crippen LogP contribution in [0.15, 0.2) is 67.3 Å². The predicted octanol–water partition coefficient (Wildman–Crippen LogP) is 3.97. The van der Waals surface area contributed by atoms with Gasteiger partial charge < -0.3 is 5.32 Å². The summed E-state index contributed by atoms with van der Waals surface area (Å²) in [6.45, 7) is 2.84. The van der Waals surface area contributed by atoms with Crippen LogP contribution in [0, 0.1) is 6.07 Å². The molecule has 6 nitrogen and oxygen atoms in total. The van der Waals surface area contributed by atoms with Crippen LogP contribution in [0.3, 0.4) is 0 Å². The highest BCUT2D eigenvalue weighted by Gasteiger charge is 2.14. The second-order valence-corrected chi connectivity index (χ2v) is 5.67. The molecule has 0 atom stereocenters. The van der Waals surface area contributed by atoms with Gasteiger partial charge in [-0.25, -0.2) is 9.97 Å². The molecule has 0 saturated heterocycles. The zero-order chi connectivity index (χ0) is 17.8. The first-order valence-electron chi connectivity index (χ1n) is 8.38. The SMILES string of the molecule is CCn1cc(-c2ccnc(Nc3cc[c]cc3)n2)c(-c2cccnc2)n1. The summed E-state index contributed by atoms with van der Waals surface area (Å²) in [4.78, 5) is 13.2. The second kappa shape index (κ2) is 7.14. The van der Waals surface area contributed by atoms with Crippen molar-refractivity contribution in [1.29, 1.82) is 0 Å². The van der Waals surface area contributed by atoms with Crippen molar-refractivity contribution >= 4 is 11.6 Å². The van der Waals surface area contributed by atoms with E-state index in [1.165, 1.54) is 0 Å². The summed E-state index contributed by atoms with van der Waals surface area (Å²) in [6.07, 6.45) is 7.32. The maximum Gasteiger partial charge on any atom is 0.227 e. The fourth-order valence-corrected chi connectivity index (χ4v) is 2.66. The van der Waals surface area contributed by atoms with E-state index in [2.05, 4.69) is 38.4 Å². The molecule has 1 aromatic carbocycles. The first-order chi connectivity index (χ1) is 12.8. The Labute approximate surface area is 151 Å². The van der Waals surface area contributed by atoms with Gasteiger partial charge in [0, 0.05) is 48.1 Å². The van der Waals surface area contributed by atoms with Crippen molar-refractivity contribution in [3.05, 3.63) is 73.3 Å². The molecule has 0 aliphatic carbocycles. The van der Waals surface area contributed by atoms with Crippen LogP contribution in [-0.4, -0.2) is 24.7 Å². The molecule has 0 unspecified atom stereocenters. The molecule has 6 heteroatoms. The highest BCUT2D eigenvalue weighted by atomic mass is 15.3. The highest BCUT2D eigenvalue weighted by molar-refractivity contribution is 5.78. The van der Waals surface area contributed by atoms with Crippen LogP contribution >= 0.6 is 0 Å². The predicted molar refractivity (Wildman–Crippen MR) is 101 cm³/mol. The zero-order valence-electron chi connectivity index (χ0n) is 14.3. The summed E-state index contributed by atoms with van der Waals surface area (Å²) in [5.74, 6) is 0.537. The highest BCUT2D eigenvalue weighted by Crippen LogP contribution is 2.30. The number of anilines is 2. The van der Waals surface area contributed by atoms with Gasteiger partial charge in [-0.2, -0.15) is 5.10 Å². The Hall–Kier alpha value is -3.54. The van der Waals surface area contributed by atoms with Crippen LogP contribution < -0.4 is 5.32 Å². The third kappa shape index (κ3) is 3.30. The normalized spacial score (nSPS) is 10.7. The zero-order valence-corrected chi connectivity index (χ0v) is 14.3. The standard InChI is InChI=1S/C20H17N6/c1-2-26-14-17(19(25-26)15-7-6-11-21-13-15)18-10-12-22-20(24-18)23-16-8-4-3-5-9-16/h4-14H,2H2,1H3,(H,22,23,24). The van der Waals surface area contributed by atoms with E-state index in [4.69, 9.17) is 0 Å². The molecule has 127 valence electrons. The molecule has 4 aromatic rings. The molecule has 26 heavy (non-hydrogen) atoms. The molecule has 4 rings (SSSR count). The summed E-state index contributed by atoms with van der Waals surface area (Å²) in [6, 6.07) is 16.3. The Balaban J connectivity index is 1.74. The van der Waals surface area contributed by atoms with Crippen molar-refractivity contribution in [3.63, 3.8) is 0 Å². The first-order valence-corrected chi connectivity index (χ1v) is 8.38. The van der Waals surface area contributed by atoms with Crippen LogP contribution in [0.2, 0.25) is 0 Å². The van der Waals surface area contributed by atoms with Crippen LogP contribution in [0.1, 0.15) is 6.92 Å². The van der Waals surface area contributed by atoms with E-state index < -0.39 is 0 Å². The van der Waals surface area contributed by atoms with Gasteiger partial charge in [0.05, 0.1) is 5.69 Å². The van der Waals surface area contributed by atoms with Gasteiger partial charge in [-0.1, -0.05) is 12.1 Å². The molecule has 1 N–H and O–H groups in total. The minimum atomic E-state index is 0.537. The average molecular weight is 341 g/mol. The lowest BCUT2D eigenvalue weighted by atomic mass is 10.1. The smallest absolute Gasteiger partial charge is 0.227 e. The molecule has 1 radical (unpaired) electrons. The quantitative estimate of drug-likeness (QED) is 0.595. The summed E-state index contributed by atoms with van der Waals surface area (Å²) < 4.78 is 1.90. The number of pyridine rings is 1. The molecule has 0 aliphatic heterocycles. The summed E-state index contributed by atoms with van der Waals surface area (Å²) in [5, 5.41) is 7.89. The van der Waals surface area contributed by atoms with Gasteiger partial charge in [-0.3, -0.25) is 9.67 Å². The fourth-order valence-electron chi connectivity index (χ4n) is 2.66. The Kier molecular flexibility index (Phi) is 4.38. The fraction of sp³-hybridized carbons (Fsp3) is 0.100. The molecule has 0 aliphatic rings. The lowest BCUT2D eigenvalue weighted by Gasteiger charge is -2.06. The first kappa shape index (κ1) is 16.0. The third-order valence-electron chi connectivity index (χ3n) is 3.93. The van der Waals surface area contributed by atoms with Gasteiger partial charge in [-0.15, -0.1) is 0 Å². The number of rotatable bonds is 5. The maximum absolute atomic E-state index is 4.68. The number of hydrogen-bond acceptors (Lipinski definition) is 5. The molecule has 0 amide bonds.